The van der Waals surface area contributed by atoms with E-state index in [-0.39, 0.29) is 30.8 Å². The Balaban J connectivity index is 1.75. The van der Waals surface area contributed by atoms with Gasteiger partial charge in [-0.3, -0.25) is 19.3 Å². The van der Waals surface area contributed by atoms with Crippen molar-refractivity contribution >= 4 is 60.8 Å². The average Bonchev–Trinajstić information content (AvgIpc) is 3.18. The van der Waals surface area contributed by atoms with Gasteiger partial charge in [-0.15, -0.1) is 0 Å². The topological polar surface area (TPSA) is 77.9 Å². The van der Waals surface area contributed by atoms with Crippen molar-refractivity contribution in [3.05, 3.63) is 68.8 Å². The van der Waals surface area contributed by atoms with Crippen LogP contribution in [0.25, 0.3) is 43.1 Å². The number of hydrogen-bond acceptors (Lipinski definition) is 4. The van der Waals surface area contributed by atoms with Crippen LogP contribution in [0.15, 0.2) is 24.3 Å². The number of hydrogen-bond donors (Lipinski definition) is 1. The SMILES string of the molecule is CCCCC(CC)CN1C(=O)c2cc(C(F)(F)F)c3c4c(C(F)(F)F)cc5c6c(cc(C(F)(F)F)c(c7c(C(F)(F)F)cc(c2c37)C1=O)c64)C(O)N(CC(CC)CCCC)C5=O. The molecule has 2 aliphatic heterocycles. The largest absolute Gasteiger partial charge is 0.417 e. The molecule has 334 valence electrons. The molecule has 0 saturated heterocycles. The van der Waals surface area contributed by atoms with Gasteiger partial charge in [-0.1, -0.05) is 66.2 Å². The summed E-state index contributed by atoms with van der Waals surface area (Å²) in [6.07, 6.45) is -21.3. The van der Waals surface area contributed by atoms with Crippen molar-refractivity contribution in [3.63, 3.8) is 0 Å². The minimum Gasteiger partial charge on any atom is -0.369 e. The van der Waals surface area contributed by atoms with Gasteiger partial charge in [0.25, 0.3) is 17.7 Å². The van der Waals surface area contributed by atoms with Gasteiger partial charge >= 0.3 is 24.7 Å². The number of aliphatic hydroxyl groups is 1. The number of amides is 3. The number of aliphatic hydroxyl groups excluding tert-OH is 1. The summed E-state index contributed by atoms with van der Waals surface area (Å²) in [4.78, 5) is 43.8. The Morgan fingerprint density at radius 3 is 1.23 bits per heavy atom. The molecular formula is C44H40F12N2O4. The molecule has 0 saturated carbocycles. The Hall–Kier alpha value is -4.87. The summed E-state index contributed by atoms with van der Waals surface area (Å²) in [5, 5.41) is 0.300. The van der Waals surface area contributed by atoms with Crippen molar-refractivity contribution in [2.45, 2.75) is 110 Å². The van der Waals surface area contributed by atoms with Gasteiger partial charge in [-0.25, -0.2) is 0 Å². The summed E-state index contributed by atoms with van der Waals surface area (Å²) >= 11 is 0. The maximum atomic E-state index is 15.5. The van der Waals surface area contributed by atoms with Crippen molar-refractivity contribution in [2.75, 3.05) is 13.1 Å². The molecule has 0 radical (unpaired) electrons. The van der Waals surface area contributed by atoms with Gasteiger partial charge in [-0.05, 0) is 54.3 Å². The first-order valence-corrected chi connectivity index (χ1v) is 20.3. The standard InChI is InChI=1S/C44H40F12N2O4/c1-5-9-11-19(7-3)17-57-37(59)21-13-25(41(45,46)47)31-33-27(43(51,52)53)15-23-30-24(40(62)58(39(23)61)18-20(8-4)12-10-6-2)16-28(44(54,55)56)34(36(30)33)32-26(42(48,49)50)14-22(38(57)60)29(21)35(31)32/h13-16,19-20,37,59H,5-12,17-18H2,1-4H3. The summed E-state index contributed by atoms with van der Waals surface area (Å²) in [5.41, 5.74) is -12.3. The van der Waals surface area contributed by atoms with Crippen LogP contribution >= 0.6 is 0 Å². The zero-order chi connectivity index (χ0) is 45.8. The third-order valence-electron chi connectivity index (χ3n) is 12.6. The molecule has 2 aliphatic rings. The molecule has 3 amide bonds. The van der Waals surface area contributed by atoms with Crippen molar-refractivity contribution in [2.24, 2.45) is 11.8 Å². The molecule has 2 heterocycles. The first kappa shape index (κ1) is 45.2. The summed E-state index contributed by atoms with van der Waals surface area (Å²) in [5.74, 6) is -5.07. The van der Waals surface area contributed by atoms with Crippen LogP contribution in [0.4, 0.5) is 52.7 Å². The Morgan fingerprint density at radius 2 is 0.855 bits per heavy atom. The van der Waals surface area contributed by atoms with Gasteiger partial charge in [0.2, 0.25) is 0 Å². The van der Waals surface area contributed by atoms with Crippen LogP contribution in [0, 0.1) is 11.8 Å². The highest BCUT2D eigenvalue weighted by Crippen LogP contribution is 2.58. The maximum Gasteiger partial charge on any atom is 0.417 e. The number of carbonyl (C=O) groups is 3. The zero-order valence-corrected chi connectivity index (χ0v) is 33.7. The van der Waals surface area contributed by atoms with E-state index in [0.717, 1.165) is 0 Å². The van der Waals surface area contributed by atoms with Gasteiger partial charge in [0, 0.05) is 73.0 Å². The number of halogens is 12. The lowest BCUT2D eigenvalue weighted by Crippen LogP contribution is -2.43. The highest BCUT2D eigenvalue weighted by molar-refractivity contribution is 6.41. The van der Waals surface area contributed by atoms with Crippen molar-refractivity contribution < 1.29 is 72.2 Å². The predicted molar refractivity (Wildman–Crippen MR) is 206 cm³/mol. The molecule has 1 N–H and O–H groups in total. The Kier molecular flexibility index (Phi) is 11.2. The zero-order valence-electron chi connectivity index (χ0n) is 33.7. The highest BCUT2D eigenvalue weighted by Gasteiger charge is 2.49. The summed E-state index contributed by atoms with van der Waals surface area (Å²) in [6.45, 7) is 6.28. The molecule has 62 heavy (non-hydrogen) atoms. The number of alkyl halides is 12. The summed E-state index contributed by atoms with van der Waals surface area (Å²) in [7, 11) is 0. The van der Waals surface area contributed by atoms with Crippen LogP contribution in [0.2, 0.25) is 0 Å². The van der Waals surface area contributed by atoms with E-state index in [0.29, 0.717) is 61.2 Å². The number of fused-ring (bicyclic) bond motifs is 2. The van der Waals surface area contributed by atoms with Crippen LogP contribution in [0.5, 0.6) is 0 Å². The molecule has 3 unspecified atom stereocenters. The second kappa shape index (κ2) is 15.4. The molecule has 0 aliphatic carbocycles. The fourth-order valence-electron chi connectivity index (χ4n) is 9.48. The lowest BCUT2D eigenvalue weighted by Gasteiger charge is -2.38. The number of rotatable bonds is 12. The van der Waals surface area contributed by atoms with E-state index in [4.69, 9.17) is 0 Å². The Bertz CT molecular complexity index is 2560. The number of imide groups is 1. The molecule has 5 aromatic rings. The van der Waals surface area contributed by atoms with E-state index in [1.54, 1.807) is 13.8 Å². The molecule has 0 fully saturated rings. The molecular weight excluding hydrogens is 848 g/mol. The van der Waals surface area contributed by atoms with Crippen LogP contribution in [-0.2, 0) is 24.7 Å². The van der Waals surface area contributed by atoms with E-state index < -0.39 is 155 Å². The lowest BCUT2D eigenvalue weighted by atomic mass is 9.76. The van der Waals surface area contributed by atoms with Crippen molar-refractivity contribution in [1.29, 1.82) is 0 Å². The number of unbranched alkanes of at least 4 members (excludes halogenated alkanes) is 2. The average molecular weight is 889 g/mol. The number of nitrogens with zero attached hydrogens (tertiary/aromatic N) is 2. The van der Waals surface area contributed by atoms with Gasteiger partial charge in [-0.2, -0.15) is 52.7 Å². The van der Waals surface area contributed by atoms with E-state index in [1.165, 1.54) is 0 Å². The van der Waals surface area contributed by atoms with Crippen LogP contribution < -0.4 is 0 Å². The van der Waals surface area contributed by atoms with E-state index >= 15 is 52.7 Å². The minimum absolute atomic E-state index is 0.126. The summed E-state index contributed by atoms with van der Waals surface area (Å²) in [6, 6.07) is 0.610. The lowest BCUT2D eigenvalue weighted by molar-refractivity contribution is -0.138. The van der Waals surface area contributed by atoms with Crippen LogP contribution in [0.1, 0.15) is 144 Å². The van der Waals surface area contributed by atoms with Crippen molar-refractivity contribution in [1.82, 2.24) is 9.80 Å². The molecule has 7 rings (SSSR count). The number of benzene rings is 5. The minimum atomic E-state index is -5.78. The van der Waals surface area contributed by atoms with Crippen LogP contribution in [-0.4, -0.2) is 45.7 Å². The second-order valence-corrected chi connectivity index (χ2v) is 16.3. The number of carbonyl (C=O) groups excluding carboxylic acids is 3. The third kappa shape index (κ3) is 7.07. The fraction of sp³-hybridized carbons (Fsp3) is 0.477. The first-order chi connectivity index (χ1) is 28.8. The molecule has 3 atom stereocenters. The molecule has 5 aromatic carbocycles. The van der Waals surface area contributed by atoms with Crippen LogP contribution in [0.3, 0.4) is 0 Å². The van der Waals surface area contributed by atoms with Gasteiger partial charge in [0.1, 0.15) is 0 Å². The predicted octanol–water partition coefficient (Wildman–Crippen LogP) is 13.3. The maximum absolute atomic E-state index is 15.5. The third-order valence-corrected chi connectivity index (χ3v) is 12.6. The quantitative estimate of drug-likeness (QED) is 0.0586. The molecule has 0 spiro atoms. The Labute approximate surface area is 346 Å². The molecule has 18 heteroatoms. The molecule has 0 aromatic heterocycles. The molecule has 6 nitrogen and oxygen atoms in total. The van der Waals surface area contributed by atoms with Gasteiger partial charge in [0.15, 0.2) is 6.23 Å². The first-order valence-electron chi connectivity index (χ1n) is 20.3. The summed E-state index contributed by atoms with van der Waals surface area (Å²) < 4.78 is 186. The van der Waals surface area contributed by atoms with Gasteiger partial charge in [0.05, 0.1) is 22.3 Å². The smallest absolute Gasteiger partial charge is 0.369 e. The molecule has 0 bridgehead atoms. The Morgan fingerprint density at radius 1 is 0.500 bits per heavy atom. The normalized spacial score (nSPS) is 17.5. The van der Waals surface area contributed by atoms with E-state index in [2.05, 4.69) is 0 Å². The fourth-order valence-corrected chi connectivity index (χ4v) is 9.48. The van der Waals surface area contributed by atoms with Crippen molar-refractivity contribution in [3.8, 4) is 0 Å². The highest BCUT2D eigenvalue weighted by atomic mass is 19.4. The monoisotopic (exact) mass is 888 g/mol. The van der Waals surface area contributed by atoms with Gasteiger partial charge < -0.3 is 10.0 Å². The second-order valence-electron chi connectivity index (χ2n) is 16.3. The van der Waals surface area contributed by atoms with E-state index in [1.807, 2.05) is 13.8 Å². The van der Waals surface area contributed by atoms with E-state index in [9.17, 15) is 19.5 Å².